The van der Waals surface area contributed by atoms with E-state index >= 15 is 4.39 Å². The zero-order valence-electron chi connectivity index (χ0n) is 22.2. The Hall–Kier alpha value is -2.37. The van der Waals surface area contributed by atoms with Gasteiger partial charge in [0.05, 0.1) is 25.9 Å². The average Bonchev–Trinajstić information content (AvgIpc) is 3.72. The molecule has 3 saturated heterocycles. The second-order valence-corrected chi connectivity index (χ2v) is 15.8. The van der Waals surface area contributed by atoms with Gasteiger partial charge in [-0.25, -0.2) is 9.38 Å². The third kappa shape index (κ3) is 5.64. The van der Waals surface area contributed by atoms with Crippen LogP contribution in [0.5, 0.6) is 0 Å². The highest BCUT2D eigenvalue weighted by atomic mass is 32.5. The Kier molecular flexibility index (Phi) is 7.92. The van der Waals surface area contributed by atoms with Gasteiger partial charge in [0.2, 0.25) is 5.96 Å². The maximum absolute atomic E-state index is 16.0. The number of alkyl halides is 1. The molecule has 7 heterocycles. The van der Waals surface area contributed by atoms with Gasteiger partial charge in [0.15, 0.2) is 36.5 Å². The number of aliphatic hydroxyl groups is 1. The predicted octanol–water partition coefficient (Wildman–Crippen LogP) is -2.76. The average molecular weight is 710 g/mol. The molecule has 20 nitrogen and oxygen atoms in total. The Morgan fingerprint density at radius 1 is 0.956 bits per heavy atom. The fourth-order valence-electron chi connectivity index (χ4n) is 5.44. The first-order valence-electron chi connectivity index (χ1n) is 13.0. The summed E-state index contributed by atoms with van der Waals surface area (Å²) in [6.07, 6.45) is -8.93. The summed E-state index contributed by atoms with van der Waals surface area (Å²) in [6, 6.07) is -2.21. The summed E-state index contributed by atoms with van der Waals surface area (Å²) in [4.78, 5) is 68.4. The molecule has 25 heteroatoms. The van der Waals surface area contributed by atoms with Crippen molar-refractivity contribution < 1.29 is 56.4 Å². The molecule has 7 rings (SSSR count). The van der Waals surface area contributed by atoms with Crippen LogP contribution < -0.4 is 5.32 Å². The lowest BCUT2D eigenvalue weighted by Gasteiger charge is -2.32. The first-order chi connectivity index (χ1) is 21.3. The molecule has 0 aliphatic carbocycles. The topological polar surface area (TPSA) is 254 Å². The number of aliphatic imine (C=N–C) groups is 5. The normalized spacial score (nSPS) is 46.1. The molecule has 0 radical (unpaired) electrons. The molecule has 2 bridgehead atoms. The number of hydrogen-bond donors (Lipinski definition) is 5. The number of carbonyl (C=O) groups is 2. The van der Waals surface area contributed by atoms with Crippen LogP contribution in [0.4, 0.5) is 4.39 Å². The highest BCUT2D eigenvalue weighted by Crippen LogP contribution is 2.53. The van der Waals surface area contributed by atoms with Crippen molar-refractivity contribution in [3.63, 3.8) is 0 Å². The third-order valence-corrected chi connectivity index (χ3v) is 10.6. The number of amidine groups is 2. The van der Waals surface area contributed by atoms with Crippen LogP contribution in [0.1, 0.15) is 0 Å². The van der Waals surface area contributed by atoms with E-state index in [1.807, 2.05) is 0 Å². The lowest BCUT2D eigenvalue weighted by atomic mass is 10.1. The molecule has 3 fully saturated rings. The molecule has 7 aliphatic heterocycles. The first kappa shape index (κ1) is 31.2. The molecule has 7 aliphatic rings. The molecule has 5 N–H and O–H groups in total. The third-order valence-electron chi connectivity index (χ3n) is 7.47. The van der Waals surface area contributed by atoms with Crippen LogP contribution in [0.3, 0.4) is 0 Å². The van der Waals surface area contributed by atoms with Crippen molar-refractivity contribution in [2.45, 2.75) is 61.2 Å². The van der Waals surface area contributed by atoms with Gasteiger partial charge in [-0.15, -0.1) is 0 Å². The molecular weight excluding hydrogens is 687 g/mol. The van der Waals surface area contributed by atoms with Crippen molar-refractivity contribution in [2.75, 3.05) is 13.2 Å². The molecule has 4 unspecified atom stereocenters. The molecule has 12 atom stereocenters. The van der Waals surface area contributed by atoms with E-state index in [0.717, 1.165) is 12.7 Å². The number of nitrogens with zero attached hydrogens (tertiary/aromatic N) is 7. The van der Waals surface area contributed by atoms with Crippen LogP contribution in [0.2, 0.25) is 0 Å². The van der Waals surface area contributed by atoms with Crippen molar-refractivity contribution in [1.29, 1.82) is 5.41 Å². The Morgan fingerprint density at radius 3 is 2.31 bits per heavy atom. The van der Waals surface area contributed by atoms with Crippen molar-refractivity contribution in [3.8, 4) is 0 Å². The second-order valence-electron chi connectivity index (χ2n) is 10.3. The summed E-state index contributed by atoms with van der Waals surface area (Å²) in [5.74, 6) is -1.68. The molecule has 0 saturated carbocycles. The van der Waals surface area contributed by atoms with Crippen LogP contribution in [-0.2, 0) is 60.8 Å². The van der Waals surface area contributed by atoms with E-state index < -0.39 is 106 Å². The molecule has 0 aromatic carbocycles. The Labute approximate surface area is 261 Å². The van der Waals surface area contributed by atoms with E-state index in [1.54, 1.807) is 0 Å². The predicted molar refractivity (Wildman–Crippen MR) is 155 cm³/mol. The highest BCUT2D eigenvalue weighted by Gasteiger charge is 2.56. The Balaban J connectivity index is 1.15. The summed E-state index contributed by atoms with van der Waals surface area (Å²) in [7, 11) is 0. The maximum Gasteiger partial charge on any atom is 0.325 e. The number of aliphatic hydroxyl groups excluding tert-OH is 1. The molecule has 45 heavy (non-hydrogen) atoms. The van der Waals surface area contributed by atoms with Crippen molar-refractivity contribution in [3.05, 3.63) is 0 Å². The minimum Gasteiger partial charge on any atom is -0.387 e. The monoisotopic (exact) mass is 709 g/mol. The summed E-state index contributed by atoms with van der Waals surface area (Å²) in [5.41, 5.74) is 0. The van der Waals surface area contributed by atoms with Gasteiger partial charge in [-0.2, -0.15) is 9.98 Å². The molecule has 242 valence electrons. The smallest absolute Gasteiger partial charge is 0.325 e. The van der Waals surface area contributed by atoms with E-state index in [2.05, 4.69) is 30.3 Å². The SMILES string of the molecule is N=C1N=C2C(N=CN2[C@@H]2O[C@@H]3COP(O)(=S)O[C@H]4[C@H](F)[C@H](N5C=NC6C(=O)N=CN=C65)O[C@@H]4COP(O)(=S)O[C@@H]2[C@@H]3O)C(=O)N1. The zero-order chi connectivity index (χ0) is 31.8. The minimum absolute atomic E-state index is 0.0227. The molecule has 0 spiro atoms. The van der Waals surface area contributed by atoms with Crippen molar-refractivity contribution >= 4 is 85.5 Å². The number of fused-ring (bicyclic) bond motifs is 5. The largest absolute Gasteiger partial charge is 0.387 e. The quantitative estimate of drug-likeness (QED) is 0.182. The van der Waals surface area contributed by atoms with Crippen LogP contribution in [0.15, 0.2) is 25.0 Å². The maximum atomic E-state index is 16.0. The first-order valence-corrected chi connectivity index (χ1v) is 18.2. The molecule has 0 aromatic rings. The lowest BCUT2D eigenvalue weighted by molar-refractivity contribution is -0.120. The van der Waals surface area contributed by atoms with E-state index in [0.29, 0.717) is 0 Å². The number of rotatable bonds is 2. The van der Waals surface area contributed by atoms with Crippen molar-refractivity contribution in [2.24, 2.45) is 25.0 Å². The summed E-state index contributed by atoms with van der Waals surface area (Å²) >= 11 is 10.3. The van der Waals surface area contributed by atoms with E-state index in [1.165, 1.54) is 16.1 Å². The van der Waals surface area contributed by atoms with Gasteiger partial charge in [-0.3, -0.25) is 49.1 Å². The van der Waals surface area contributed by atoms with E-state index in [9.17, 15) is 24.5 Å². The van der Waals surface area contributed by atoms with Gasteiger partial charge in [0, 0.05) is 0 Å². The van der Waals surface area contributed by atoms with Crippen LogP contribution >= 0.6 is 13.4 Å². The van der Waals surface area contributed by atoms with Crippen molar-refractivity contribution in [1.82, 2.24) is 15.1 Å². The molecule has 0 aromatic heterocycles. The van der Waals surface area contributed by atoms with Gasteiger partial charge in [-0.05, 0) is 23.6 Å². The van der Waals surface area contributed by atoms with Gasteiger partial charge in [0.1, 0.15) is 42.7 Å². The fraction of sp³-hybridized carbons (Fsp3) is 0.600. The highest BCUT2D eigenvalue weighted by molar-refractivity contribution is 8.07. The zero-order valence-corrected chi connectivity index (χ0v) is 25.7. The van der Waals surface area contributed by atoms with Gasteiger partial charge < -0.3 is 33.4 Å². The van der Waals surface area contributed by atoms with Gasteiger partial charge in [-0.1, -0.05) is 0 Å². The number of amides is 2. The van der Waals surface area contributed by atoms with Gasteiger partial charge in [0.25, 0.3) is 11.8 Å². The van der Waals surface area contributed by atoms with E-state index in [4.69, 9.17) is 56.6 Å². The number of nitrogens with one attached hydrogen (secondary N) is 2. The number of hydrogen-bond acceptors (Lipinski definition) is 17. The summed E-state index contributed by atoms with van der Waals surface area (Å²) in [5, 5.41) is 21.1. The number of guanidine groups is 1. The van der Waals surface area contributed by atoms with Crippen LogP contribution in [0, 0.1) is 5.41 Å². The number of halogens is 1. The summed E-state index contributed by atoms with van der Waals surface area (Å²) < 4.78 is 49.9. The lowest BCUT2D eigenvalue weighted by Crippen LogP contribution is -2.53. The Bertz CT molecular complexity index is 1600. The molecular formula is C20H22FN9O11P2S2. The van der Waals surface area contributed by atoms with Gasteiger partial charge >= 0.3 is 13.4 Å². The summed E-state index contributed by atoms with van der Waals surface area (Å²) in [6.45, 7) is -9.84. The number of ether oxygens (including phenoxy) is 2. The standard InChI is InChI=1S/C20H22FN9O11P2S2/c21-8-12-7(39-18(8)29-4-25-9-14(29)23-3-24-16(9)32)2-37-43(35,45)41-13-11(31)6(1-36-42(34,44)40-12)38-19(13)30-5-26-10-15(30)27-20(22)28-17(10)33/h3-13,18-19,31H,1-2H2,(H,34,44)(H,35,45)(H2,22,28,33)/t6-,7-,8+,9?,10?,11-,12-,13-,18-,19-,42?,43?/m1/s1. The minimum atomic E-state index is -4.30. The van der Waals surface area contributed by atoms with Crippen LogP contribution in [0.25, 0.3) is 0 Å². The second kappa shape index (κ2) is 11.4. The van der Waals surface area contributed by atoms with Crippen LogP contribution in [-0.4, -0.2) is 148 Å². The Morgan fingerprint density at radius 2 is 1.58 bits per heavy atom. The number of carbonyl (C=O) groups excluding carboxylic acids is 2. The molecule has 2 amide bonds. The fourth-order valence-corrected chi connectivity index (χ4v) is 8.29. The van der Waals surface area contributed by atoms with E-state index in [-0.39, 0.29) is 11.7 Å².